The maximum atomic E-state index is 12.5. The summed E-state index contributed by atoms with van der Waals surface area (Å²) in [6.07, 6.45) is 9.39. The first kappa shape index (κ1) is 18.6. The molecule has 28 heavy (non-hydrogen) atoms. The van der Waals surface area contributed by atoms with Gasteiger partial charge in [-0.15, -0.1) is 0 Å². The smallest absolute Gasteiger partial charge is 0.266 e. The number of carbonyl (C=O) groups is 1. The van der Waals surface area contributed by atoms with Crippen LogP contribution < -0.4 is 5.56 Å². The zero-order valence-corrected chi connectivity index (χ0v) is 15.9. The predicted molar refractivity (Wildman–Crippen MR) is 107 cm³/mol. The van der Waals surface area contributed by atoms with Crippen molar-refractivity contribution in [1.29, 1.82) is 0 Å². The molecular formula is C21H25N5O2. The van der Waals surface area contributed by atoms with Gasteiger partial charge in [-0.2, -0.15) is 5.10 Å². The molecule has 1 aliphatic heterocycles. The molecule has 0 saturated carbocycles. The lowest BCUT2D eigenvalue weighted by atomic mass is 10.1. The molecule has 0 radical (unpaired) electrons. The number of amides is 1. The molecule has 2 aromatic rings. The summed E-state index contributed by atoms with van der Waals surface area (Å²) in [7, 11) is 0. The summed E-state index contributed by atoms with van der Waals surface area (Å²) in [6.45, 7) is 4.48. The molecule has 146 valence electrons. The molecule has 1 fully saturated rings. The number of piperazine rings is 1. The number of aromatic nitrogens is 3. The Bertz CT molecular complexity index is 893. The van der Waals surface area contributed by atoms with Crippen LogP contribution in [0.1, 0.15) is 12.8 Å². The highest BCUT2D eigenvalue weighted by Crippen LogP contribution is 2.21. The third kappa shape index (κ3) is 4.20. The molecule has 0 N–H and O–H groups in total. The van der Waals surface area contributed by atoms with Crippen molar-refractivity contribution < 1.29 is 4.79 Å². The van der Waals surface area contributed by atoms with Crippen LogP contribution in [-0.2, 0) is 11.3 Å². The van der Waals surface area contributed by atoms with Crippen molar-refractivity contribution in [1.82, 2.24) is 24.6 Å². The lowest BCUT2D eigenvalue weighted by Crippen LogP contribution is -2.50. The standard InChI is InChI=1S/C21H25N5O2/c27-20-6-5-19(17-7-9-22-10-8-17)23-26(20)16-13-24-11-14-25(15-12-24)21(28)18-3-1-2-4-18/h1-2,5-10,18H,3-4,11-16H2. The van der Waals surface area contributed by atoms with Crippen LogP contribution in [0.4, 0.5) is 0 Å². The van der Waals surface area contributed by atoms with Gasteiger partial charge in [-0.25, -0.2) is 4.68 Å². The molecule has 7 nitrogen and oxygen atoms in total. The van der Waals surface area contributed by atoms with E-state index in [2.05, 4.69) is 27.1 Å². The van der Waals surface area contributed by atoms with Gasteiger partial charge in [0.25, 0.3) is 5.56 Å². The van der Waals surface area contributed by atoms with E-state index < -0.39 is 0 Å². The average Bonchev–Trinajstić information content (AvgIpc) is 3.29. The van der Waals surface area contributed by atoms with Crippen molar-refractivity contribution >= 4 is 5.91 Å². The molecule has 4 rings (SSSR count). The summed E-state index contributed by atoms with van der Waals surface area (Å²) in [4.78, 5) is 33.0. The number of carbonyl (C=O) groups excluding carboxylic acids is 1. The molecule has 7 heteroatoms. The molecule has 1 aliphatic carbocycles. The summed E-state index contributed by atoms with van der Waals surface area (Å²) in [5.74, 6) is 0.429. The fourth-order valence-corrected chi connectivity index (χ4v) is 3.79. The van der Waals surface area contributed by atoms with E-state index in [4.69, 9.17) is 0 Å². The van der Waals surface area contributed by atoms with Gasteiger partial charge in [-0.1, -0.05) is 12.2 Å². The van der Waals surface area contributed by atoms with Gasteiger partial charge in [0.05, 0.1) is 12.2 Å². The molecule has 0 unspecified atom stereocenters. The normalized spacial score (nSPS) is 17.9. The van der Waals surface area contributed by atoms with E-state index in [1.807, 2.05) is 17.0 Å². The third-order valence-corrected chi connectivity index (χ3v) is 5.51. The van der Waals surface area contributed by atoms with Gasteiger partial charge in [0.2, 0.25) is 5.91 Å². The fourth-order valence-electron chi connectivity index (χ4n) is 3.79. The Kier molecular flexibility index (Phi) is 5.62. The Morgan fingerprint density at radius 3 is 2.39 bits per heavy atom. The molecule has 0 atom stereocenters. The molecule has 1 amide bonds. The molecule has 0 spiro atoms. The van der Waals surface area contributed by atoms with Crippen LogP contribution in [0.5, 0.6) is 0 Å². The van der Waals surface area contributed by atoms with E-state index in [0.717, 1.165) is 56.8 Å². The van der Waals surface area contributed by atoms with Gasteiger partial charge in [0, 0.05) is 62.7 Å². The van der Waals surface area contributed by atoms with Gasteiger partial charge in [0.1, 0.15) is 0 Å². The van der Waals surface area contributed by atoms with Crippen molar-refractivity contribution in [2.45, 2.75) is 19.4 Å². The number of nitrogens with zero attached hydrogens (tertiary/aromatic N) is 5. The summed E-state index contributed by atoms with van der Waals surface area (Å²) in [6, 6.07) is 7.08. The average molecular weight is 379 g/mol. The SMILES string of the molecule is O=C(C1CC=CC1)N1CCN(CCn2nc(-c3ccncc3)ccc2=O)CC1. The lowest BCUT2D eigenvalue weighted by molar-refractivity contribution is -0.136. The van der Waals surface area contributed by atoms with Crippen molar-refractivity contribution in [3.63, 3.8) is 0 Å². The highest BCUT2D eigenvalue weighted by atomic mass is 16.2. The summed E-state index contributed by atoms with van der Waals surface area (Å²) in [5.41, 5.74) is 1.61. The first-order chi connectivity index (χ1) is 13.7. The molecule has 3 heterocycles. The summed E-state index contributed by atoms with van der Waals surface area (Å²) in [5, 5.41) is 4.50. The van der Waals surface area contributed by atoms with Crippen LogP contribution in [0.2, 0.25) is 0 Å². The first-order valence-corrected chi connectivity index (χ1v) is 9.85. The molecule has 0 aromatic carbocycles. The Labute approximate surface area is 164 Å². The minimum atomic E-state index is -0.0969. The molecule has 0 bridgehead atoms. The van der Waals surface area contributed by atoms with Crippen LogP contribution in [-0.4, -0.2) is 63.2 Å². The topological polar surface area (TPSA) is 71.3 Å². The summed E-state index contributed by atoms with van der Waals surface area (Å²) >= 11 is 0. The van der Waals surface area contributed by atoms with Gasteiger partial charge in [0.15, 0.2) is 0 Å². The fraction of sp³-hybridized carbons (Fsp3) is 0.429. The van der Waals surface area contributed by atoms with Gasteiger partial charge in [-0.05, 0) is 31.0 Å². The molecule has 2 aliphatic rings. The van der Waals surface area contributed by atoms with E-state index in [1.165, 1.54) is 4.68 Å². The largest absolute Gasteiger partial charge is 0.340 e. The summed E-state index contributed by atoms with van der Waals surface area (Å²) < 4.78 is 1.53. The van der Waals surface area contributed by atoms with Crippen LogP contribution in [0.15, 0.2) is 53.6 Å². The third-order valence-electron chi connectivity index (χ3n) is 5.51. The zero-order valence-electron chi connectivity index (χ0n) is 15.9. The number of hydrogen-bond acceptors (Lipinski definition) is 5. The quantitative estimate of drug-likeness (QED) is 0.735. The maximum absolute atomic E-state index is 12.5. The highest BCUT2D eigenvalue weighted by molar-refractivity contribution is 5.79. The first-order valence-electron chi connectivity index (χ1n) is 9.85. The van der Waals surface area contributed by atoms with Crippen LogP contribution >= 0.6 is 0 Å². The Morgan fingerprint density at radius 1 is 0.964 bits per heavy atom. The van der Waals surface area contributed by atoms with Crippen molar-refractivity contribution in [2.75, 3.05) is 32.7 Å². The van der Waals surface area contributed by atoms with Gasteiger partial charge < -0.3 is 4.90 Å². The predicted octanol–water partition coefficient (Wildman–Crippen LogP) is 1.42. The van der Waals surface area contributed by atoms with E-state index in [9.17, 15) is 9.59 Å². The number of pyridine rings is 1. The highest BCUT2D eigenvalue weighted by Gasteiger charge is 2.27. The molecule has 1 saturated heterocycles. The minimum absolute atomic E-state index is 0.0969. The van der Waals surface area contributed by atoms with Crippen LogP contribution in [0, 0.1) is 5.92 Å². The monoisotopic (exact) mass is 379 g/mol. The Morgan fingerprint density at radius 2 is 1.68 bits per heavy atom. The van der Waals surface area contributed by atoms with E-state index in [1.54, 1.807) is 24.5 Å². The van der Waals surface area contributed by atoms with Crippen LogP contribution in [0.25, 0.3) is 11.3 Å². The van der Waals surface area contributed by atoms with Gasteiger partial charge >= 0.3 is 0 Å². The second-order valence-electron chi connectivity index (χ2n) is 7.32. The van der Waals surface area contributed by atoms with Crippen molar-refractivity contribution in [3.05, 3.63) is 59.2 Å². The zero-order chi connectivity index (χ0) is 19.3. The maximum Gasteiger partial charge on any atom is 0.266 e. The van der Waals surface area contributed by atoms with E-state index >= 15 is 0 Å². The van der Waals surface area contributed by atoms with Crippen molar-refractivity contribution in [2.24, 2.45) is 5.92 Å². The number of allylic oxidation sites excluding steroid dienone is 2. The number of rotatable bonds is 5. The van der Waals surface area contributed by atoms with Crippen LogP contribution in [0.3, 0.4) is 0 Å². The second-order valence-corrected chi connectivity index (χ2v) is 7.32. The van der Waals surface area contributed by atoms with E-state index in [0.29, 0.717) is 6.54 Å². The van der Waals surface area contributed by atoms with E-state index in [-0.39, 0.29) is 17.4 Å². The lowest BCUT2D eigenvalue weighted by Gasteiger charge is -2.36. The number of hydrogen-bond donors (Lipinski definition) is 0. The minimum Gasteiger partial charge on any atom is -0.340 e. The molecule has 2 aromatic heterocycles. The second kappa shape index (κ2) is 8.48. The Hall–Kier alpha value is -2.80. The van der Waals surface area contributed by atoms with Gasteiger partial charge in [-0.3, -0.25) is 19.5 Å². The molecular weight excluding hydrogens is 354 g/mol. The van der Waals surface area contributed by atoms with Crippen molar-refractivity contribution in [3.8, 4) is 11.3 Å². The Balaban J connectivity index is 1.32.